The molecule has 1 aromatic rings. The van der Waals surface area contributed by atoms with Crippen LogP contribution in [0.5, 0.6) is 0 Å². The third kappa shape index (κ3) is 2.37. The summed E-state index contributed by atoms with van der Waals surface area (Å²) in [5.74, 6) is 0. The molecule has 1 aromatic carbocycles. The van der Waals surface area contributed by atoms with Gasteiger partial charge in [-0.15, -0.1) is 0 Å². The number of benzene rings is 1. The highest BCUT2D eigenvalue weighted by Gasteiger charge is 1.98. The predicted octanol–water partition coefficient (Wildman–Crippen LogP) is 2.97. The molecule has 0 bridgehead atoms. The fourth-order valence-electron chi connectivity index (χ4n) is 1.28. The van der Waals surface area contributed by atoms with Gasteiger partial charge in [-0.3, -0.25) is 0 Å². The molecule has 62 valence electrons. The minimum absolute atomic E-state index is 0.942. The van der Waals surface area contributed by atoms with Crippen LogP contribution in [-0.4, -0.2) is 0 Å². The molecule has 4 radical (unpaired) electrons. The van der Waals surface area contributed by atoms with E-state index in [4.69, 9.17) is 0 Å². The summed E-state index contributed by atoms with van der Waals surface area (Å²) in [5, 5.41) is 0. The molecule has 0 saturated carbocycles. The van der Waals surface area contributed by atoms with Gasteiger partial charge in [-0.25, -0.2) is 0 Å². The van der Waals surface area contributed by atoms with E-state index >= 15 is 0 Å². The highest BCUT2D eigenvalue weighted by Crippen LogP contribution is 2.12. The molecule has 0 atom stereocenters. The van der Waals surface area contributed by atoms with Crippen molar-refractivity contribution in [1.29, 1.82) is 0 Å². The second-order valence-electron chi connectivity index (χ2n) is 2.83. The van der Waals surface area contributed by atoms with Crippen molar-refractivity contribution in [3.8, 4) is 0 Å². The molecule has 0 aliphatic carbocycles. The van der Waals surface area contributed by atoms with E-state index < -0.39 is 0 Å². The molecule has 0 spiro atoms. The maximum Gasteiger partial charge on any atom is -0.0160 e. The van der Waals surface area contributed by atoms with Gasteiger partial charge in [0.2, 0.25) is 0 Å². The largest absolute Gasteiger partial charge is 0.0620 e. The Labute approximate surface area is 75.6 Å². The molecule has 0 aromatic heterocycles. The summed E-state index contributed by atoms with van der Waals surface area (Å²) in [6.45, 7) is 3.94. The van der Waals surface area contributed by atoms with Crippen LogP contribution in [0.2, 0.25) is 0 Å². The van der Waals surface area contributed by atoms with E-state index in [1.807, 2.05) is 13.8 Å². The molecule has 1 rings (SSSR count). The SMILES string of the molecule is C[C]Cc1ccccc1C[C]C. The normalized spacial score (nSPS) is 10.2. The molecule has 0 saturated heterocycles. The van der Waals surface area contributed by atoms with Crippen molar-refractivity contribution >= 4 is 0 Å². The lowest BCUT2D eigenvalue weighted by atomic mass is 10.00. The van der Waals surface area contributed by atoms with Crippen LogP contribution in [0.15, 0.2) is 24.3 Å². The maximum absolute atomic E-state index is 3.16. The molecule has 0 amide bonds. The molecule has 0 aliphatic heterocycles. The Balaban J connectivity index is 2.77. The highest BCUT2D eigenvalue weighted by molar-refractivity contribution is 5.29. The first kappa shape index (κ1) is 9.31. The van der Waals surface area contributed by atoms with Gasteiger partial charge in [0.1, 0.15) is 0 Å². The summed E-state index contributed by atoms with van der Waals surface area (Å²) in [7, 11) is 0. The van der Waals surface area contributed by atoms with E-state index in [0.29, 0.717) is 0 Å². The van der Waals surface area contributed by atoms with Crippen LogP contribution in [0.1, 0.15) is 25.0 Å². The van der Waals surface area contributed by atoms with E-state index in [0.717, 1.165) is 12.8 Å². The standard InChI is InChI=1S/C12H14/c1-3-7-11-9-5-6-10-12(11)8-4-2/h5-6,9-10H,7-8H2,1-2H3. The molecule has 0 heteroatoms. The van der Waals surface area contributed by atoms with Crippen molar-refractivity contribution in [2.24, 2.45) is 0 Å². The second kappa shape index (κ2) is 4.97. The van der Waals surface area contributed by atoms with E-state index in [-0.39, 0.29) is 0 Å². The number of hydrogen-bond acceptors (Lipinski definition) is 0. The fourth-order valence-corrected chi connectivity index (χ4v) is 1.28. The lowest BCUT2D eigenvalue weighted by Crippen LogP contribution is -1.93. The Bertz CT molecular complexity index is 200. The average molecular weight is 158 g/mol. The monoisotopic (exact) mass is 158 g/mol. The average Bonchev–Trinajstić information content (AvgIpc) is 2.09. The van der Waals surface area contributed by atoms with Gasteiger partial charge in [-0.2, -0.15) is 0 Å². The molecule has 12 heavy (non-hydrogen) atoms. The van der Waals surface area contributed by atoms with E-state index in [1.54, 1.807) is 0 Å². The predicted molar refractivity (Wildman–Crippen MR) is 51.7 cm³/mol. The van der Waals surface area contributed by atoms with Gasteiger partial charge < -0.3 is 0 Å². The van der Waals surface area contributed by atoms with Crippen molar-refractivity contribution in [2.45, 2.75) is 26.7 Å². The first-order chi connectivity index (χ1) is 5.88. The molecular formula is C12H14. The first-order valence-corrected chi connectivity index (χ1v) is 4.24. The number of hydrogen-bond donors (Lipinski definition) is 0. The topological polar surface area (TPSA) is 0 Å². The molecule has 0 fully saturated rings. The van der Waals surface area contributed by atoms with Crippen LogP contribution >= 0.6 is 0 Å². The van der Waals surface area contributed by atoms with Gasteiger partial charge in [-0.05, 0) is 36.8 Å². The molecule has 0 aliphatic rings. The zero-order chi connectivity index (χ0) is 8.81. The zero-order valence-corrected chi connectivity index (χ0v) is 7.72. The van der Waals surface area contributed by atoms with Crippen LogP contribution in [0.25, 0.3) is 0 Å². The first-order valence-electron chi connectivity index (χ1n) is 4.24. The smallest absolute Gasteiger partial charge is 0.0160 e. The van der Waals surface area contributed by atoms with Crippen LogP contribution < -0.4 is 0 Å². The van der Waals surface area contributed by atoms with Crippen molar-refractivity contribution in [2.75, 3.05) is 0 Å². The Hall–Kier alpha value is -0.780. The summed E-state index contributed by atoms with van der Waals surface area (Å²) in [6.07, 6.45) is 8.19. The Kier molecular flexibility index (Phi) is 3.86. The third-order valence-corrected chi connectivity index (χ3v) is 1.85. The second-order valence-corrected chi connectivity index (χ2v) is 2.83. The van der Waals surface area contributed by atoms with Gasteiger partial charge in [0.05, 0.1) is 0 Å². The molecule has 0 N–H and O–H groups in total. The number of rotatable bonds is 4. The summed E-state index contributed by atoms with van der Waals surface area (Å²) in [5.41, 5.74) is 2.74. The molecule has 0 heterocycles. The van der Waals surface area contributed by atoms with Gasteiger partial charge in [0, 0.05) is 0 Å². The van der Waals surface area contributed by atoms with Crippen molar-refractivity contribution in [1.82, 2.24) is 0 Å². The van der Waals surface area contributed by atoms with Gasteiger partial charge in [0.25, 0.3) is 0 Å². The Morgan fingerprint density at radius 3 is 1.67 bits per heavy atom. The third-order valence-electron chi connectivity index (χ3n) is 1.85. The van der Waals surface area contributed by atoms with Crippen LogP contribution in [-0.2, 0) is 12.8 Å². The van der Waals surface area contributed by atoms with Crippen LogP contribution in [0, 0.1) is 12.8 Å². The molecule has 0 nitrogen and oxygen atoms in total. The molecule has 0 unspecified atom stereocenters. The summed E-state index contributed by atoms with van der Waals surface area (Å²) in [6, 6.07) is 8.46. The summed E-state index contributed by atoms with van der Waals surface area (Å²) < 4.78 is 0. The van der Waals surface area contributed by atoms with E-state index in [2.05, 4.69) is 37.1 Å². The van der Waals surface area contributed by atoms with Gasteiger partial charge in [0.15, 0.2) is 0 Å². The van der Waals surface area contributed by atoms with Gasteiger partial charge in [-0.1, -0.05) is 38.1 Å². The Morgan fingerprint density at radius 2 is 1.33 bits per heavy atom. The van der Waals surface area contributed by atoms with Crippen LogP contribution in [0.3, 0.4) is 0 Å². The van der Waals surface area contributed by atoms with Crippen molar-refractivity contribution in [3.05, 3.63) is 48.2 Å². The summed E-state index contributed by atoms with van der Waals surface area (Å²) >= 11 is 0. The van der Waals surface area contributed by atoms with Crippen LogP contribution in [0.4, 0.5) is 0 Å². The van der Waals surface area contributed by atoms with Crippen molar-refractivity contribution < 1.29 is 0 Å². The quantitative estimate of drug-likeness (QED) is 0.632. The maximum atomic E-state index is 3.16. The fraction of sp³-hybridized carbons (Fsp3) is 0.333. The lowest BCUT2D eigenvalue weighted by molar-refractivity contribution is 1.05. The minimum Gasteiger partial charge on any atom is -0.0620 e. The minimum atomic E-state index is 0.942. The van der Waals surface area contributed by atoms with E-state index in [9.17, 15) is 0 Å². The van der Waals surface area contributed by atoms with E-state index in [1.165, 1.54) is 11.1 Å². The van der Waals surface area contributed by atoms with Gasteiger partial charge >= 0.3 is 0 Å². The molecular weight excluding hydrogens is 144 g/mol. The summed E-state index contributed by atoms with van der Waals surface area (Å²) in [4.78, 5) is 0. The van der Waals surface area contributed by atoms with Crippen molar-refractivity contribution in [3.63, 3.8) is 0 Å². The highest BCUT2D eigenvalue weighted by atomic mass is 14.0. The zero-order valence-electron chi connectivity index (χ0n) is 7.72. The Morgan fingerprint density at radius 1 is 0.917 bits per heavy atom. The lowest BCUT2D eigenvalue weighted by Gasteiger charge is -2.05.